The normalized spacial score (nSPS) is 10.1. The molecule has 1 N–H and O–H groups in total. The summed E-state index contributed by atoms with van der Waals surface area (Å²) in [6, 6.07) is 18.2. The molecular weight excluding hydrogens is 268 g/mol. The largest absolute Gasteiger partial charge is 0.478 e. The van der Waals surface area contributed by atoms with Gasteiger partial charge in [-0.2, -0.15) is 0 Å². The van der Waals surface area contributed by atoms with E-state index >= 15 is 0 Å². The molecule has 0 unspecified atom stereocenters. The molecule has 2 rings (SSSR count). The lowest BCUT2D eigenvalue weighted by atomic mass is 10.2. The molecule has 2 aromatic rings. The summed E-state index contributed by atoms with van der Waals surface area (Å²) < 4.78 is 11.4. The highest BCUT2D eigenvalue weighted by atomic mass is 16.7. The highest BCUT2D eigenvalue weighted by Gasteiger charge is 2.17. The van der Waals surface area contributed by atoms with Crippen molar-refractivity contribution >= 4 is 5.97 Å². The molecule has 0 atom stereocenters. The van der Waals surface area contributed by atoms with Crippen LogP contribution in [-0.4, -0.2) is 17.4 Å². The van der Waals surface area contributed by atoms with Crippen LogP contribution in [0.15, 0.2) is 72.8 Å². The zero-order valence-corrected chi connectivity index (χ0v) is 11.4. The first-order chi connectivity index (χ1) is 10.1. The Balaban J connectivity index is 2.10. The standard InChI is InChI=1S/C17H16O4/c1-13(17(18)19)12-16(20-14-8-4-2-5-9-14)21-15-10-6-3-7-11-15/h2-11,16H,1,12H2,(H,18,19). The van der Waals surface area contributed by atoms with E-state index in [1.54, 1.807) is 24.3 Å². The van der Waals surface area contributed by atoms with Gasteiger partial charge >= 0.3 is 5.97 Å². The van der Waals surface area contributed by atoms with Gasteiger partial charge in [-0.25, -0.2) is 4.79 Å². The third-order valence-corrected chi connectivity index (χ3v) is 2.74. The molecule has 108 valence electrons. The van der Waals surface area contributed by atoms with Gasteiger partial charge in [0.25, 0.3) is 0 Å². The lowest BCUT2D eigenvalue weighted by Crippen LogP contribution is -2.26. The summed E-state index contributed by atoms with van der Waals surface area (Å²) in [4.78, 5) is 10.9. The smallest absolute Gasteiger partial charge is 0.331 e. The molecule has 4 heteroatoms. The van der Waals surface area contributed by atoms with Crippen molar-refractivity contribution in [3.63, 3.8) is 0 Å². The third-order valence-electron chi connectivity index (χ3n) is 2.74. The van der Waals surface area contributed by atoms with E-state index in [9.17, 15) is 4.79 Å². The van der Waals surface area contributed by atoms with Crippen LogP contribution in [0.2, 0.25) is 0 Å². The molecule has 0 radical (unpaired) electrons. The van der Waals surface area contributed by atoms with E-state index in [2.05, 4.69) is 6.58 Å². The van der Waals surface area contributed by atoms with Gasteiger partial charge in [0.15, 0.2) is 0 Å². The Kier molecular flexibility index (Phi) is 4.99. The summed E-state index contributed by atoms with van der Waals surface area (Å²) in [5.41, 5.74) is 0.0341. The van der Waals surface area contributed by atoms with E-state index in [4.69, 9.17) is 14.6 Å². The summed E-state index contributed by atoms with van der Waals surface area (Å²) in [7, 11) is 0. The number of carboxylic acids is 1. The maximum atomic E-state index is 10.9. The van der Waals surface area contributed by atoms with Crippen LogP contribution in [0.3, 0.4) is 0 Å². The summed E-state index contributed by atoms with van der Waals surface area (Å²) >= 11 is 0. The molecule has 0 amide bonds. The van der Waals surface area contributed by atoms with E-state index in [0.29, 0.717) is 11.5 Å². The highest BCUT2D eigenvalue weighted by Crippen LogP contribution is 2.19. The summed E-state index contributed by atoms with van der Waals surface area (Å²) in [6.07, 6.45) is -0.683. The number of hydrogen-bond donors (Lipinski definition) is 1. The Hall–Kier alpha value is -2.75. The van der Waals surface area contributed by atoms with Crippen LogP contribution >= 0.6 is 0 Å². The van der Waals surface area contributed by atoms with Gasteiger partial charge in [0.1, 0.15) is 11.5 Å². The lowest BCUT2D eigenvalue weighted by Gasteiger charge is -2.20. The average Bonchev–Trinajstić information content (AvgIpc) is 2.49. The Morgan fingerprint density at radius 2 is 1.38 bits per heavy atom. The molecule has 0 aromatic heterocycles. The molecule has 0 aliphatic rings. The molecule has 4 nitrogen and oxygen atoms in total. The van der Waals surface area contributed by atoms with E-state index in [-0.39, 0.29) is 12.0 Å². The van der Waals surface area contributed by atoms with Crippen LogP contribution in [0.25, 0.3) is 0 Å². The molecule has 0 spiro atoms. The van der Waals surface area contributed by atoms with Crippen molar-refractivity contribution in [2.24, 2.45) is 0 Å². The van der Waals surface area contributed by atoms with E-state index in [1.165, 1.54) is 0 Å². The molecule has 21 heavy (non-hydrogen) atoms. The van der Waals surface area contributed by atoms with Gasteiger partial charge in [-0.05, 0) is 24.3 Å². The minimum atomic E-state index is -1.06. The van der Waals surface area contributed by atoms with Crippen LogP contribution in [0.1, 0.15) is 6.42 Å². The number of hydrogen-bond acceptors (Lipinski definition) is 3. The number of benzene rings is 2. The van der Waals surface area contributed by atoms with Gasteiger partial charge in [-0.15, -0.1) is 0 Å². The fourth-order valence-corrected chi connectivity index (χ4v) is 1.70. The number of carboxylic acid groups (broad SMARTS) is 1. The summed E-state index contributed by atoms with van der Waals surface area (Å²) in [5, 5.41) is 8.95. The molecule has 0 heterocycles. The van der Waals surface area contributed by atoms with Crippen molar-refractivity contribution in [1.29, 1.82) is 0 Å². The Morgan fingerprint density at radius 1 is 0.952 bits per heavy atom. The van der Waals surface area contributed by atoms with Crippen molar-refractivity contribution < 1.29 is 19.4 Å². The Morgan fingerprint density at radius 3 is 1.76 bits per heavy atom. The zero-order valence-electron chi connectivity index (χ0n) is 11.4. The third kappa shape index (κ3) is 4.69. The van der Waals surface area contributed by atoms with Crippen LogP contribution in [0.5, 0.6) is 11.5 Å². The quantitative estimate of drug-likeness (QED) is 0.624. The predicted molar refractivity (Wildman–Crippen MR) is 79.3 cm³/mol. The fraction of sp³-hybridized carbons (Fsp3) is 0.118. The van der Waals surface area contributed by atoms with Crippen LogP contribution < -0.4 is 9.47 Å². The first-order valence-corrected chi connectivity index (χ1v) is 6.49. The number of ether oxygens (including phenoxy) is 2. The van der Waals surface area contributed by atoms with Gasteiger partial charge in [0.05, 0.1) is 6.42 Å². The number of carbonyl (C=O) groups is 1. The van der Waals surface area contributed by atoms with Crippen molar-refractivity contribution in [1.82, 2.24) is 0 Å². The SMILES string of the molecule is C=C(CC(Oc1ccccc1)Oc1ccccc1)C(=O)O. The topological polar surface area (TPSA) is 55.8 Å². The van der Waals surface area contributed by atoms with Crippen molar-refractivity contribution in [3.8, 4) is 11.5 Å². The first-order valence-electron chi connectivity index (χ1n) is 6.49. The average molecular weight is 284 g/mol. The molecular formula is C17H16O4. The maximum absolute atomic E-state index is 10.9. The van der Waals surface area contributed by atoms with Gasteiger partial charge in [-0.3, -0.25) is 0 Å². The molecule has 0 bridgehead atoms. The molecule has 0 aliphatic carbocycles. The number of rotatable bonds is 7. The van der Waals surface area contributed by atoms with Gasteiger partial charge in [-0.1, -0.05) is 43.0 Å². The molecule has 0 fully saturated rings. The second-order valence-corrected chi connectivity index (χ2v) is 4.40. The van der Waals surface area contributed by atoms with Crippen molar-refractivity contribution in [2.45, 2.75) is 12.7 Å². The minimum Gasteiger partial charge on any atom is -0.478 e. The Bertz CT molecular complexity index is 551. The first kappa shape index (κ1) is 14.7. The van der Waals surface area contributed by atoms with E-state index < -0.39 is 12.3 Å². The fourth-order valence-electron chi connectivity index (χ4n) is 1.70. The molecule has 0 saturated heterocycles. The van der Waals surface area contributed by atoms with E-state index in [1.807, 2.05) is 36.4 Å². The van der Waals surface area contributed by atoms with Gasteiger partial charge < -0.3 is 14.6 Å². The number of aliphatic carboxylic acids is 1. The van der Waals surface area contributed by atoms with Gasteiger partial charge in [0.2, 0.25) is 6.29 Å². The Labute approximate surface area is 123 Å². The molecule has 0 aliphatic heterocycles. The lowest BCUT2D eigenvalue weighted by molar-refractivity contribution is -0.133. The zero-order chi connectivity index (χ0) is 15.1. The minimum absolute atomic E-state index is 0.0341. The maximum Gasteiger partial charge on any atom is 0.331 e. The van der Waals surface area contributed by atoms with Crippen molar-refractivity contribution in [3.05, 3.63) is 72.8 Å². The highest BCUT2D eigenvalue weighted by molar-refractivity contribution is 5.85. The second-order valence-electron chi connectivity index (χ2n) is 4.40. The summed E-state index contributed by atoms with van der Waals surface area (Å²) in [5.74, 6) is 0.154. The van der Waals surface area contributed by atoms with Crippen molar-refractivity contribution in [2.75, 3.05) is 0 Å². The monoisotopic (exact) mass is 284 g/mol. The van der Waals surface area contributed by atoms with Crippen LogP contribution in [0, 0.1) is 0 Å². The predicted octanol–water partition coefficient (Wildman–Crippen LogP) is 3.50. The second kappa shape index (κ2) is 7.14. The summed E-state index contributed by atoms with van der Waals surface area (Å²) in [6.45, 7) is 3.52. The van der Waals surface area contributed by atoms with Gasteiger partial charge in [0, 0.05) is 5.57 Å². The molecule has 2 aromatic carbocycles. The van der Waals surface area contributed by atoms with Crippen LogP contribution in [0.4, 0.5) is 0 Å². The van der Waals surface area contributed by atoms with Crippen LogP contribution in [-0.2, 0) is 4.79 Å². The number of para-hydroxylation sites is 2. The molecule has 0 saturated carbocycles. The van der Waals surface area contributed by atoms with E-state index in [0.717, 1.165) is 0 Å².